The van der Waals surface area contributed by atoms with Crippen LogP contribution in [0.3, 0.4) is 0 Å². The molecular weight excluding hydrogens is 338 g/mol. The predicted molar refractivity (Wildman–Crippen MR) is 98.5 cm³/mol. The highest BCUT2D eigenvalue weighted by Gasteiger charge is 2.28. The fourth-order valence-electron chi connectivity index (χ4n) is 3.01. The van der Waals surface area contributed by atoms with Crippen LogP contribution in [0.1, 0.15) is 18.5 Å². The smallest absolute Gasteiger partial charge is 0.119 e. The van der Waals surface area contributed by atoms with Crippen LogP contribution < -0.4 is 9.47 Å². The third-order valence-corrected chi connectivity index (χ3v) is 5.61. The number of hydrogen-bond donors (Lipinski definition) is 0. The number of aryl methyl sites for hydroxylation is 1. The minimum absolute atomic E-state index is 0.146. The molecule has 2 atom stereocenters. The van der Waals surface area contributed by atoms with Gasteiger partial charge in [0.05, 0.1) is 12.8 Å². The van der Waals surface area contributed by atoms with Crippen LogP contribution in [0.15, 0.2) is 36.7 Å². The molecule has 2 aromatic rings. The van der Waals surface area contributed by atoms with Crippen LogP contribution in [0.4, 0.5) is 0 Å². The minimum Gasteiger partial charge on any atom is -0.494 e. The van der Waals surface area contributed by atoms with E-state index in [0.717, 1.165) is 35.9 Å². The summed E-state index contributed by atoms with van der Waals surface area (Å²) in [6.07, 6.45) is 3.88. The van der Waals surface area contributed by atoms with Crippen LogP contribution in [-0.4, -0.2) is 56.7 Å². The molecule has 0 amide bonds. The van der Waals surface area contributed by atoms with Crippen LogP contribution in [0.25, 0.3) is 0 Å². The molecule has 25 heavy (non-hydrogen) atoms. The van der Waals surface area contributed by atoms with Crippen LogP contribution in [0.2, 0.25) is 0 Å². The van der Waals surface area contributed by atoms with Gasteiger partial charge in [-0.1, -0.05) is 0 Å². The molecule has 0 N–H and O–H groups in total. The Morgan fingerprint density at radius 2 is 1.96 bits per heavy atom. The second-order valence-electron chi connectivity index (χ2n) is 6.06. The molecule has 1 aromatic heterocycles. The van der Waals surface area contributed by atoms with Gasteiger partial charge in [0.1, 0.15) is 18.1 Å². The SMILES string of the molecule is CCOc1ccc(OCCN2CC[S@](=O)C[C@@H]2c2cnn(C)c2)cc1. The zero-order valence-corrected chi connectivity index (χ0v) is 15.6. The Labute approximate surface area is 151 Å². The lowest BCUT2D eigenvalue weighted by Gasteiger charge is -2.34. The van der Waals surface area contributed by atoms with Crippen molar-refractivity contribution in [1.29, 1.82) is 0 Å². The van der Waals surface area contributed by atoms with Crippen molar-refractivity contribution < 1.29 is 13.7 Å². The van der Waals surface area contributed by atoms with Crippen molar-refractivity contribution in [2.75, 3.05) is 37.8 Å². The normalized spacial score (nSPS) is 21.2. The summed E-state index contributed by atoms with van der Waals surface area (Å²) < 4.78 is 25.1. The van der Waals surface area contributed by atoms with Crippen molar-refractivity contribution in [3.63, 3.8) is 0 Å². The summed E-state index contributed by atoms with van der Waals surface area (Å²) in [5.74, 6) is 3.07. The Hall–Kier alpha value is -1.86. The van der Waals surface area contributed by atoms with Gasteiger partial charge in [-0.2, -0.15) is 5.10 Å². The summed E-state index contributed by atoms with van der Waals surface area (Å²) in [5.41, 5.74) is 1.12. The van der Waals surface area contributed by atoms with Gasteiger partial charge in [-0.05, 0) is 31.2 Å². The van der Waals surface area contributed by atoms with Gasteiger partial charge in [-0.15, -0.1) is 0 Å². The van der Waals surface area contributed by atoms with Gasteiger partial charge in [-0.25, -0.2) is 0 Å². The van der Waals surface area contributed by atoms with Crippen molar-refractivity contribution in [2.24, 2.45) is 7.05 Å². The number of rotatable bonds is 7. The molecule has 1 aromatic carbocycles. The van der Waals surface area contributed by atoms with Gasteiger partial charge >= 0.3 is 0 Å². The highest BCUT2D eigenvalue weighted by molar-refractivity contribution is 7.85. The molecule has 7 heteroatoms. The standard InChI is InChI=1S/C18H25N3O3S/c1-3-23-16-4-6-17(7-5-16)24-10-8-21-9-11-25(22)14-18(21)15-12-19-20(2)13-15/h4-7,12-13,18H,3,8-11,14H2,1-2H3/t18-,25+/m1/s1. The van der Waals surface area contributed by atoms with Crippen LogP contribution in [0, 0.1) is 0 Å². The molecule has 1 aliphatic rings. The number of nitrogens with zero attached hydrogens (tertiary/aromatic N) is 3. The summed E-state index contributed by atoms with van der Waals surface area (Å²) in [6.45, 7) is 4.83. The van der Waals surface area contributed by atoms with Crippen molar-refractivity contribution in [3.05, 3.63) is 42.2 Å². The summed E-state index contributed by atoms with van der Waals surface area (Å²) in [7, 11) is 1.14. The molecule has 0 saturated carbocycles. The van der Waals surface area contributed by atoms with E-state index in [9.17, 15) is 4.21 Å². The molecule has 3 rings (SSSR count). The molecule has 1 fully saturated rings. The highest BCUT2D eigenvalue weighted by Crippen LogP contribution is 2.25. The monoisotopic (exact) mass is 363 g/mol. The molecule has 0 bridgehead atoms. The van der Waals surface area contributed by atoms with Crippen molar-refractivity contribution in [2.45, 2.75) is 13.0 Å². The Balaban J connectivity index is 1.56. The van der Waals surface area contributed by atoms with E-state index in [-0.39, 0.29) is 6.04 Å². The van der Waals surface area contributed by atoms with Crippen LogP contribution >= 0.6 is 0 Å². The lowest BCUT2D eigenvalue weighted by atomic mass is 10.1. The van der Waals surface area contributed by atoms with Gasteiger partial charge in [0.15, 0.2) is 0 Å². The highest BCUT2D eigenvalue weighted by atomic mass is 32.2. The molecule has 0 radical (unpaired) electrons. The molecule has 1 saturated heterocycles. The quantitative estimate of drug-likeness (QED) is 0.753. The number of aromatic nitrogens is 2. The average Bonchev–Trinajstić information content (AvgIpc) is 3.04. The molecule has 2 heterocycles. The maximum absolute atomic E-state index is 12.0. The van der Waals surface area contributed by atoms with Gasteiger partial charge in [0.2, 0.25) is 0 Å². The lowest BCUT2D eigenvalue weighted by Crippen LogP contribution is -2.42. The average molecular weight is 363 g/mol. The zero-order valence-electron chi connectivity index (χ0n) is 14.8. The fraction of sp³-hybridized carbons (Fsp3) is 0.500. The van der Waals surface area contributed by atoms with E-state index < -0.39 is 10.8 Å². The van der Waals surface area contributed by atoms with E-state index in [1.54, 1.807) is 4.68 Å². The molecule has 0 spiro atoms. The molecular formula is C18H25N3O3S. The molecule has 6 nitrogen and oxygen atoms in total. The van der Waals surface area contributed by atoms with Crippen molar-refractivity contribution in [1.82, 2.24) is 14.7 Å². The van der Waals surface area contributed by atoms with Gasteiger partial charge in [0.25, 0.3) is 0 Å². The summed E-state index contributed by atoms with van der Waals surface area (Å²) in [6, 6.07) is 7.83. The summed E-state index contributed by atoms with van der Waals surface area (Å²) in [4.78, 5) is 2.34. The first kappa shape index (κ1) is 17.9. The first-order valence-corrected chi connectivity index (χ1v) is 10.1. The van der Waals surface area contributed by atoms with Crippen LogP contribution in [-0.2, 0) is 17.8 Å². The van der Waals surface area contributed by atoms with E-state index in [2.05, 4.69) is 10.00 Å². The third kappa shape index (κ3) is 4.83. The van der Waals surface area contributed by atoms with Crippen LogP contribution in [0.5, 0.6) is 11.5 Å². The van der Waals surface area contributed by atoms with E-state index >= 15 is 0 Å². The number of benzene rings is 1. The predicted octanol–water partition coefficient (Wildman–Crippen LogP) is 2.00. The maximum Gasteiger partial charge on any atom is 0.119 e. The Kier molecular flexibility index (Phi) is 6.09. The van der Waals surface area contributed by atoms with Crippen molar-refractivity contribution in [3.8, 4) is 11.5 Å². The first-order chi connectivity index (χ1) is 12.2. The molecule has 136 valence electrons. The lowest BCUT2D eigenvalue weighted by molar-refractivity contribution is 0.173. The Bertz CT molecular complexity index is 702. The van der Waals surface area contributed by atoms with E-state index in [4.69, 9.17) is 9.47 Å². The second kappa shape index (κ2) is 8.49. The zero-order chi connectivity index (χ0) is 17.6. The third-order valence-electron chi connectivity index (χ3n) is 4.28. The minimum atomic E-state index is -0.762. The van der Waals surface area contributed by atoms with Gasteiger partial charge in [0, 0.05) is 60.2 Å². The molecule has 0 aliphatic carbocycles. The van der Waals surface area contributed by atoms with Gasteiger partial charge in [-0.3, -0.25) is 13.8 Å². The fourth-order valence-corrected chi connectivity index (χ4v) is 4.37. The largest absolute Gasteiger partial charge is 0.494 e. The molecule has 0 unspecified atom stereocenters. The second-order valence-corrected chi connectivity index (χ2v) is 7.68. The Morgan fingerprint density at radius 3 is 2.60 bits per heavy atom. The summed E-state index contributed by atoms with van der Waals surface area (Å²) in [5, 5.41) is 4.25. The number of hydrogen-bond acceptors (Lipinski definition) is 5. The van der Waals surface area contributed by atoms with E-state index in [1.165, 1.54) is 0 Å². The van der Waals surface area contributed by atoms with Gasteiger partial charge < -0.3 is 9.47 Å². The molecule has 1 aliphatic heterocycles. The topological polar surface area (TPSA) is 56.6 Å². The first-order valence-electron chi connectivity index (χ1n) is 8.59. The van der Waals surface area contributed by atoms with E-state index in [0.29, 0.717) is 19.0 Å². The van der Waals surface area contributed by atoms with Crippen molar-refractivity contribution >= 4 is 10.8 Å². The van der Waals surface area contributed by atoms with E-state index in [1.807, 2.05) is 50.6 Å². The number of ether oxygens (including phenoxy) is 2. The summed E-state index contributed by atoms with van der Waals surface area (Å²) >= 11 is 0. The Morgan fingerprint density at radius 1 is 1.24 bits per heavy atom. The maximum atomic E-state index is 12.0.